The zero-order valence-electron chi connectivity index (χ0n) is 19.7. The lowest BCUT2D eigenvalue weighted by atomic mass is 10.2. The number of esters is 2. The Kier molecular flexibility index (Phi) is 9.57. The van der Waals surface area contributed by atoms with Crippen LogP contribution in [0.2, 0.25) is 0 Å². The first kappa shape index (κ1) is 26.4. The Labute approximate surface area is 211 Å². The number of carbonyl (C=O) groups is 4. The summed E-state index contributed by atoms with van der Waals surface area (Å²) in [6.45, 7) is 3.95. The van der Waals surface area contributed by atoms with Crippen molar-refractivity contribution in [1.82, 2.24) is 14.8 Å². The molecule has 1 aromatic heterocycles. The molecule has 2 N–H and O–H groups in total. The molecule has 0 aliphatic carbocycles. The molecule has 188 valence electrons. The van der Waals surface area contributed by atoms with E-state index < -0.39 is 11.9 Å². The van der Waals surface area contributed by atoms with Crippen molar-refractivity contribution in [3.8, 4) is 0 Å². The summed E-state index contributed by atoms with van der Waals surface area (Å²) in [5, 5.41) is 13.7. The topological polar surface area (TPSA) is 142 Å². The van der Waals surface area contributed by atoms with Gasteiger partial charge in [0.1, 0.15) is 12.9 Å². The summed E-state index contributed by atoms with van der Waals surface area (Å²) in [5.74, 6) is -1.44. The fraction of sp³-hybridized carbons (Fsp3) is 0.250. The number of anilines is 2. The minimum absolute atomic E-state index is 0.0370. The molecule has 3 aromatic rings. The molecule has 0 unspecified atom stereocenters. The second kappa shape index (κ2) is 13.0. The SMILES string of the molecule is CCOC(=O)c1ccc(NC(=O)CSc2nncn2CC(=O)Nc2ccc(C(=O)OCC)cc2)cc1. The largest absolute Gasteiger partial charge is 0.462 e. The van der Waals surface area contributed by atoms with Crippen molar-refractivity contribution in [2.45, 2.75) is 25.5 Å². The molecule has 2 amide bonds. The Bertz CT molecular complexity index is 1210. The number of amides is 2. The molecule has 0 spiro atoms. The predicted octanol–water partition coefficient (Wildman–Crippen LogP) is 3.00. The maximum atomic E-state index is 12.4. The lowest BCUT2D eigenvalue weighted by molar-refractivity contribution is -0.117. The number of hydrogen-bond acceptors (Lipinski definition) is 9. The molecule has 11 nitrogen and oxygen atoms in total. The summed E-state index contributed by atoms with van der Waals surface area (Å²) < 4.78 is 11.4. The third-order valence-electron chi connectivity index (χ3n) is 4.59. The number of benzene rings is 2. The molecule has 0 fully saturated rings. The van der Waals surface area contributed by atoms with Crippen molar-refractivity contribution < 1.29 is 28.7 Å². The van der Waals surface area contributed by atoms with Gasteiger partial charge in [-0.3, -0.25) is 14.2 Å². The van der Waals surface area contributed by atoms with Gasteiger partial charge in [-0.1, -0.05) is 11.8 Å². The summed E-state index contributed by atoms with van der Waals surface area (Å²) in [7, 11) is 0. The Hall–Kier alpha value is -4.19. The van der Waals surface area contributed by atoms with Gasteiger partial charge in [0.15, 0.2) is 5.16 Å². The van der Waals surface area contributed by atoms with Crippen LogP contribution in [0.25, 0.3) is 0 Å². The summed E-state index contributed by atoms with van der Waals surface area (Å²) >= 11 is 1.13. The number of thioether (sulfide) groups is 1. The number of nitrogens with zero attached hydrogens (tertiary/aromatic N) is 3. The molecule has 3 rings (SSSR count). The first-order valence-corrected chi connectivity index (χ1v) is 12.0. The highest BCUT2D eigenvalue weighted by Gasteiger charge is 2.13. The zero-order chi connectivity index (χ0) is 25.9. The summed E-state index contributed by atoms with van der Waals surface area (Å²) in [6, 6.07) is 12.7. The van der Waals surface area contributed by atoms with Crippen LogP contribution in [0.3, 0.4) is 0 Å². The molecular formula is C24H25N5O6S. The number of hydrogen-bond donors (Lipinski definition) is 2. The van der Waals surface area contributed by atoms with E-state index in [0.29, 0.717) is 27.7 Å². The van der Waals surface area contributed by atoms with E-state index in [-0.39, 0.29) is 37.3 Å². The second-order valence-corrected chi connectivity index (χ2v) is 8.16. The molecule has 2 aromatic carbocycles. The quantitative estimate of drug-likeness (QED) is 0.293. The Morgan fingerprint density at radius 1 is 0.806 bits per heavy atom. The Balaban J connectivity index is 1.48. The number of aromatic nitrogens is 3. The summed E-state index contributed by atoms with van der Waals surface area (Å²) in [6.07, 6.45) is 1.40. The highest BCUT2D eigenvalue weighted by atomic mass is 32.2. The van der Waals surface area contributed by atoms with Crippen LogP contribution in [-0.2, 0) is 25.6 Å². The maximum Gasteiger partial charge on any atom is 0.338 e. The van der Waals surface area contributed by atoms with Crippen molar-refractivity contribution in [2.75, 3.05) is 29.6 Å². The fourth-order valence-electron chi connectivity index (χ4n) is 2.96. The van der Waals surface area contributed by atoms with E-state index in [1.807, 2.05) is 0 Å². The van der Waals surface area contributed by atoms with Crippen LogP contribution in [-0.4, -0.2) is 57.5 Å². The summed E-state index contributed by atoms with van der Waals surface area (Å²) in [5.41, 5.74) is 1.83. The van der Waals surface area contributed by atoms with Gasteiger partial charge < -0.3 is 20.1 Å². The highest BCUT2D eigenvalue weighted by Crippen LogP contribution is 2.17. The number of rotatable bonds is 11. The van der Waals surface area contributed by atoms with Gasteiger partial charge >= 0.3 is 11.9 Å². The fourth-order valence-corrected chi connectivity index (χ4v) is 3.67. The average molecular weight is 512 g/mol. The molecule has 0 atom stereocenters. The molecule has 0 bridgehead atoms. The van der Waals surface area contributed by atoms with Gasteiger partial charge in [0, 0.05) is 11.4 Å². The standard InChI is InChI=1S/C24H25N5O6S/c1-3-34-22(32)16-5-9-18(10-6-16)26-20(30)13-29-15-25-28-24(29)36-14-21(31)27-19-11-7-17(8-12-19)23(33)35-4-2/h5-12,15H,3-4,13-14H2,1-2H3,(H,26,30)(H,27,31). The maximum absolute atomic E-state index is 12.4. The van der Waals surface area contributed by atoms with Gasteiger partial charge in [-0.05, 0) is 62.4 Å². The van der Waals surface area contributed by atoms with Gasteiger partial charge in [-0.25, -0.2) is 9.59 Å². The van der Waals surface area contributed by atoms with Gasteiger partial charge in [0.2, 0.25) is 11.8 Å². The molecule has 0 radical (unpaired) electrons. The monoisotopic (exact) mass is 511 g/mol. The first-order valence-electron chi connectivity index (χ1n) is 11.0. The van der Waals surface area contributed by atoms with E-state index in [4.69, 9.17) is 9.47 Å². The number of carbonyl (C=O) groups excluding carboxylic acids is 4. The van der Waals surface area contributed by atoms with Crippen LogP contribution >= 0.6 is 11.8 Å². The van der Waals surface area contributed by atoms with Crippen LogP contribution < -0.4 is 10.6 Å². The van der Waals surface area contributed by atoms with E-state index in [9.17, 15) is 19.2 Å². The molecule has 0 saturated carbocycles. The van der Waals surface area contributed by atoms with Crippen LogP contribution in [0.1, 0.15) is 34.6 Å². The molecule has 12 heteroatoms. The molecule has 0 aliphatic rings. The Morgan fingerprint density at radius 3 is 1.81 bits per heavy atom. The van der Waals surface area contributed by atoms with Crippen molar-refractivity contribution in [1.29, 1.82) is 0 Å². The smallest absolute Gasteiger partial charge is 0.338 e. The number of nitrogens with one attached hydrogen (secondary N) is 2. The van der Waals surface area contributed by atoms with Gasteiger partial charge in [0.25, 0.3) is 0 Å². The minimum atomic E-state index is -0.431. The summed E-state index contributed by atoms with van der Waals surface area (Å²) in [4.78, 5) is 48.2. The van der Waals surface area contributed by atoms with Crippen molar-refractivity contribution in [2.24, 2.45) is 0 Å². The minimum Gasteiger partial charge on any atom is -0.462 e. The molecule has 1 heterocycles. The molecule has 0 aliphatic heterocycles. The first-order chi connectivity index (χ1) is 17.4. The highest BCUT2D eigenvalue weighted by molar-refractivity contribution is 7.99. The zero-order valence-corrected chi connectivity index (χ0v) is 20.5. The van der Waals surface area contributed by atoms with E-state index in [1.165, 1.54) is 10.9 Å². The van der Waals surface area contributed by atoms with E-state index in [2.05, 4.69) is 20.8 Å². The normalized spacial score (nSPS) is 10.4. The van der Waals surface area contributed by atoms with Crippen molar-refractivity contribution in [3.63, 3.8) is 0 Å². The second-order valence-electron chi connectivity index (χ2n) is 7.22. The lowest BCUT2D eigenvalue weighted by Crippen LogP contribution is -2.19. The predicted molar refractivity (Wildman–Crippen MR) is 133 cm³/mol. The van der Waals surface area contributed by atoms with Crippen LogP contribution in [0.15, 0.2) is 60.0 Å². The van der Waals surface area contributed by atoms with Crippen molar-refractivity contribution in [3.05, 3.63) is 66.0 Å². The third-order valence-corrected chi connectivity index (χ3v) is 5.57. The third kappa shape index (κ3) is 7.67. The molecule has 36 heavy (non-hydrogen) atoms. The van der Waals surface area contributed by atoms with Crippen LogP contribution in [0.4, 0.5) is 11.4 Å². The average Bonchev–Trinajstić information content (AvgIpc) is 3.30. The van der Waals surface area contributed by atoms with E-state index >= 15 is 0 Å². The van der Waals surface area contributed by atoms with Crippen LogP contribution in [0.5, 0.6) is 0 Å². The number of ether oxygens (including phenoxy) is 2. The Morgan fingerprint density at radius 2 is 1.31 bits per heavy atom. The lowest BCUT2D eigenvalue weighted by Gasteiger charge is -2.09. The van der Waals surface area contributed by atoms with Crippen LogP contribution in [0, 0.1) is 0 Å². The van der Waals surface area contributed by atoms with Gasteiger partial charge in [-0.2, -0.15) is 0 Å². The van der Waals surface area contributed by atoms with E-state index in [1.54, 1.807) is 62.4 Å². The van der Waals surface area contributed by atoms with E-state index in [0.717, 1.165) is 11.8 Å². The van der Waals surface area contributed by atoms with Gasteiger partial charge in [-0.15, -0.1) is 10.2 Å². The van der Waals surface area contributed by atoms with Gasteiger partial charge in [0.05, 0.1) is 30.1 Å². The molecular weight excluding hydrogens is 486 g/mol. The van der Waals surface area contributed by atoms with Crippen molar-refractivity contribution >= 4 is 46.9 Å². The molecule has 0 saturated heterocycles.